The molecule has 1 aliphatic carbocycles. The number of benzene rings is 1. The maximum Gasteiger partial charge on any atom is 0.335 e. The highest BCUT2D eigenvalue weighted by Gasteiger charge is 2.15. The predicted octanol–water partition coefficient (Wildman–Crippen LogP) is 3.85. The molecule has 114 valence electrons. The lowest BCUT2D eigenvalue weighted by atomic mass is 10.0. The van der Waals surface area contributed by atoms with Crippen molar-refractivity contribution in [2.45, 2.75) is 32.1 Å². The molecule has 1 aromatic carbocycles. The largest absolute Gasteiger partial charge is 0.478 e. The van der Waals surface area contributed by atoms with Gasteiger partial charge in [-0.15, -0.1) is 0 Å². The molecule has 0 atom stereocenters. The zero-order valence-corrected chi connectivity index (χ0v) is 13.3. The quantitative estimate of drug-likeness (QED) is 0.751. The molecule has 3 N–H and O–H groups in total. The van der Waals surface area contributed by atoms with Gasteiger partial charge in [-0.25, -0.2) is 9.59 Å². The SMILES string of the molecule is O=C(NCCC1CCCC1)Nc1cc(C(=O)O)ccc1Br. The molecule has 0 heterocycles. The van der Waals surface area contributed by atoms with Gasteiger partial charge in [0.05, 0.1) is 11.3 Å². The zero-order valence-electron chi connectivity index (χ0n) is 11.7. The van der Waals surface area contributed by atoms with Crippen LogP contribution < -0.4 is 10.6 Å². The molecule has 0 radical (unpaired) electrons. The zero-order chi connectivity index (χ0) is 15.2. The first-order valence-corrected chi connectivity index (χ1v) is 7.93. The summed E-state index contributed by atoms with van der Waals surface area (Å²) in [5, 5.41) is 14.4. The summed E-state index contributed by atoms with van der Waals surface area (Å²) in [6.07, 6.45) is 6.12. The summed E-state index contributed by atoms with van der Waals surface area (Å²) in [5.41, 5.74) is 0.590. The van der Waals surface area contributed by atoms with Crippen LogP contribution in [0.2, 0.25) is 0 Å². The van der Waals surface area contributed by atoms with Gasteiger partial charge in [0.1, 0.15) is 0 Å². The molecule has 21 heavy (non-hydrogen) atoms. The van der Waals surface area contributed by atoms with Crippen molar-refractivity contribution >= 4 is 33.6 Å². The lowest BCUT2D eigenvalue weighted by molar-refractivity contribution is 0.0697. The fourth-order valence-electron chi connectivity index (χ4n) is 2.61. The minimum Gasteiger partial charge on any atom is -0.478 e. The number of carboxylic acids is 1. The third-order valence-corrected chi connectivity index (χ3v) is 4.47. The molecule has 0 aliphatic heterocycles. The van der Waals surface area contributed by atoms with Crippen molar-refractivity contribution in [2.75, 3.05) is 11.9 Å². The number of nitrogens with one attached hydrogen (secondary N) is 2. The van der Waals surface area contributed by atoms with E-state index in [9.17, 15) is 9.59 Å². The van der Waals surface area contributed by atoms with Crippen molar-refractivity contribution < 1.29 is 14.7 Å². The Hall–Kier alpha value is -1.56. The molecule has 6 heteroatoms. The Kier molecular flexibility index (Phi) is 5.61. The first-order chi connectivity index (χ1) is 10.1. The van der Waals surface area contributed by atoms with Gasteiger partial charge in [0.15, 0.2) is 0 Å². The minimum atomic E-state index is -1.02. The number of anilines is 1. The van der Waals surface area contributed by atoms with Crippen LogP contribution in [-0.2, 0) is 0 Å². The van der Waals surface area contributed by atoms with Crippen LogP contribution >= 0.6 is 15.9 Å². The van der Waals surface area contributed by atoms with Crippen molar-refractivity contribution in [3.63, 3.8) is 0 Å². The molecule has 0 spiro atoms. The molecule has 0 aromatic heterocycles. The number of aromatic carboxylic acids is 1. The molecule has 5 nitrogen and oxygen atoms in total. The van der Waals surface area contributed by atoms with Crippen LogP contribution in [0.4, 0.5) is 10.5 Å². The molecule has 1 aromatic rings. The number of carboxylic acid groups (broad SMARTS) is 1. The molecule has 0 unspecified atom stereocenters. The minimum absolute atomic E-state index is 0.138. The molecular weight excluding hydrogens is 336 g/mol. The maximum absolute atomic E-state index is 11.8. The van der Waals surface area contributed by atoms with Crippen LogP contribution in [0.5, 0.6) is 0 Å². The van der Waals surface area contributed by atoms with E-state index in [0.717, 1.165) is 12.3 Å². The summed E-state index contributed by atoms with van der Waals surface area (Å²) >= 11 is 3.29. The number of hydrogen-bond acceptors (Lipinski definition) is 2. The van der Waals surface area contributed by atoms with E-state index in [4.69, 9.17) is 5.11 Å². The monoisotopic (exact) mass is 354 g/mol. The topological polar surface area (TPSA) is 78.4 Å². The standard InChI is InChI=1S/C15H19BrN2O3/c16-12-6-5-11(14(19)20)9-13(12)18-15(21)17-8-7-10-3-1-2-4-10/h5-6,9-10H,1-4,7-8H2,(H,19,20)(H2,17,18,21). The Morgan fingerprint density at radius 3 is 2.67 bits per heavy atom. The summed E-state index contributed by atoms with van der Waals surface area (Å²) in [6.45, 7) is 0.646. The van der Waals surface area contributed by atoms with Gasteiger partial charge in [0.2, 0.25) is 0 Å². The average Bonchev–Trinajstić information content (AvgIpc) is 2.94. The maximum atomic E-state index is 11.8. The van der Waals surface area contributed by atoms with Gasteiger partial charge >= 0.3 is 12.0 Å². The number of carbonyl (C=O) groups is 2. The Balaban J connectivity index is 1.84. The second kappa shape index (κ2) is 7.45. The summed E-state index contributed by atoms with van der Waals surface area (Å²) in [4.78, 5) is 22.8. The highest BCUT2D eigenvalue weighted by molar-refractivity contribution is 9.10. The Morgan fingerprint density at radius 1 is 1.29 bits per heavy atom. The van der Waals surface area contributed by atoms with E-state index in [1.807, 2.05) is 0 Å². The molecule has 2 amide bonds. The lowest BCUT2D eigenvalue weighted by Crippen LogP contribution is -2.30. The van der Waals surface area contributed by atoms with Gasteiger partial charge < -0.3 is 15.7 Å². The number of hydrogen-bond donors (Lipinski definition) is 3. The fourth-order valence-corrected chi connectivity index (χ4v) is 2.96. The van der Waals surface area contributed by atoms with Gasteiger partial charge in [0.25, 0.3) is 0 Å². The van der Waals surface area contributed by atoms with Crippen LogP contribution in [0, 0.1) is 5.92 Å². The van der Waals surface area contributed by atoms with E-state index in [1.165, 1.54) is 37.8 Å². The third-order valence-electron chi connectivity index (χ3n) is 3.77. The second-order valence-electron chi connectivity index (χ2n) is 5.32. The molecule has 2 rings (SSSR count). The van der Waals surface area contributed by atoms with E-state index in [1.54, 1.807) is 6.07 Å². The predicted molar refractivity (Wildman–Crippen MR) is 84.7 cm³/mol. The van der Waals surface area contributed by atoms with Crippen molar-refractivity contribution in [3.8, 4) is 0 Å². The van der Waals surface area contributed by atoms with Gasteiger partial charge in [-0.2, -0.15) is 0 Å². The van der Waals surface area contributed by atoms with Crippen LogP contribution in [-0.4, -0.2) is 23.7 Å². The molecule has 0 saturated heterocycles. The van der Waals surface area contributed by atoms with E-state index < -0.39 is 5.97 Å². The van der Waals surface area contributed by atoms with Crippen LogP contribution in [0.1, 0.15) is 42.5 Å². The van der Waals surface area contributed by atoms with Gasteiger partial charge in [-0.05, 0) is 46.5 Å². The van der Waals surface area contributed by atoms with E-state index in [-0.39, 0.29) is 11.6 Å². The van der Waals surface area contributed by atoms with Crippen molar-refractivity contribution in [3.05, 3.63) is 28.2 Å². The fraction of sp³-hybridized carbons (Fsp3) is 0.467. The average molecular weight is 355 g/mol. The Bertz CT molecular complexity index is 528. The van der Waals surface area contributed by atoms with Gasteiger partial charge in [-0.3, -0.25) is 0 Å². The number of halogens is 1. The van der Waals surface area contributed by atoms with Crippen LogP contribution in [0.25, 0.3) is 0 Å². The van der Waals surface area contributed by atoms with E-state index >= 15 is 0 Å². The van der Waals surface area contributed by atoms with E-state index in [2.05, 4.69) is 26.6 Å². The summed E-state index contributed by atoms with van der Waals surface area (Å²) in [6, 6.07) is 4.21. The van der Waals surface area contributed by atoms with Crippen LogP contribution in [0.3, 0.4) is 0 Å². The Morgan fingerprint density at radius 2 is 2.00 bits per heavy atom. The second-order valence-corrected chi connectivity index (χ2v) is 6.17. The number of rotatable bonds is 5. The van der Waals surface area contributed by atoms with Crippen molar-refractivity contribution in [1.29, 1.82) is 0 Å². The molecule has 0 bridgehead atoms. The molecule has 1 fully saturated rings. The summed E-state index contributed by atoms with van der Waals surface area (Å²) < 4.78 is 0.651. The first-order valence-electron chi connectivity index (χ1n) is 7.14. The number of amides is 2. The highest BCUT2D eigenvalue weighted by atomic mass is 79.9. The Labute approximate surface area is 132 Å². The third kappa shape index (κ3) is 4.74. The first kappa shape index (κ1) is 15.8. The molecular formula is C15H19BrN2O3. The summed E-state index contributed by atoms with van der Waals surface area (Å²) in [5.74, 6) is -0.292. The summed E-state index contributed by atoms with van der Waals surface area (Å²) in [7, 11) is 0. The molecule has 1 saturated carbocycles. The lowest BCUT2D eigenvalue weighted by Gasteiger charge is -2.12. The van der Waals surface area contributed by atoms with Crippen molar-refractivity contribution in [2.24, 2.45) is 5.92 Å². The van der Waals surface area contributed by atoms with Crippen LogP contribution in [0.15, 0.2) is 22.7 Å². The molecule has 1 aliphatic rings. The van der Waals surface area contributed by atoms with Crippen molar-refractivity contribution in [1.82, 2.24) is 5.32 Å². The van der Waals surface area contributed by atoms with Gasteiger partial charge in [-0.1, -0.05) is 25.7 Å². The number of urea groups is 1. The normalized spacial score (nSPS) is 14.9. The number of carbonyl (C=O) groups excluding carboxylic acids is 1. The highest BCUT2D eigenvalue weighted by Crippen LogP contribution is 2.27. The van der Waals surface area contributed by atoms with Gasteiger partial charge in [0, 0.05) is 11.0 Å². The van der Waals surface area contributed by atoms with E-state index in [0.29, 0.717) is 16.7 Å². The smallest absolute Gasteiger partial charge is 0.335 e.